The molecule has 112 valence electrons. The van der Waals surface area contributed by atoms with Gasteiger partial charge in [0.05, 0.1) is 0 Å². The van der Waals surface area contributed by atoms with Crippen LogP contribution in [-0.2, 0) is 0 Å². The molecule has 0 saturated carbocycles. The fourth-order valence-electron chi connectivity index (χ4n) is 1.26. The highest BCUT2D eigenvalue weighted by Gasteiger charge is 2.04. The highest BCUT2D eigenvalue weighted by molar-refractivity contribution is 5.06. The summed E-state index contributed by atoms with van der Waals surface area (Å²) < 4.78 is 5.12. The van der Waals surface area contributed by atoms with Crippen LogP contribution in [0.25, 0.3) is 0 Å². The first kappa shape index (κ1) is 18.3. The zero-order chi connectivity index (χ0) is 15.5. The zero-order valence-corrected chi connectivity index (χ0v) is 13.7. The van der Waals surface area contributed by atoms with Gasteiger partial charge in [-0.15, -0.1) is 10.2 Å². The van der Waals surface area contributed by atoms with Crippen LogP contribution in [0.5, 0.6) is 0 Å². The van der Waals surface area contributed by atoms with Crippen LogP contribution in [0.3, 0.4) is 0 Å². The van der Waals surface area contributed by atoms with Crippen LogP contribution < -0.4 is 0 Å². The van der Waals surface area contributed by atoms with Crippen molar-refractivity contribution >= 4 is 0 Å². The van der Waals surface area contributed by atoms with Crippen molar-refractivity contribution in [2.75, 3.05) is 0 Å². The number of hydrogen-bond acceptors (Lipinski definition) is 4. The van der Waals surface area contributed by atoms with Gasteiger partial charge in [-0.3, -0.25) is 4.98 Å². The Morgan fingerprint density at radius 3 is 1.85 bits per heavy atom. The Morgan fingerprint density at radius 2 is 1.60 bits per heavy atom. The third-order valence-electron chi connectivity index (χ3n) is 2.31. The predicted octanol–water partition coefficient (Wildman–Crippen LogP) is 4.73. The fourth-order valence-corrected chi connectivity index (χ4v) is 1.26. The molecule has 0 fully saturated rings. The van der Waals surface area contributed by atoms with Gasteiger partial charge < -0.3 is 4.42 Å². The Labute approximate surface area is 122 Å². The molecule has 0 aromatic carbocycles. The van der Waals surface area contributed by atoms with Gasteiger partial charge in [0, 0.05) is 24.7 Å². The Morgan fingerprint density at radius 1 is 0.950 bits per heavy atom. The molecule has 0 unspecified atom stereocenters. The topological polar surface area (TPSA) is 51.8 Å². The largest absolute Gasteiger partial charge is 0.425 e. The van der Waals surface area contributed by atoms with Crippen LogP contribution in [0.4, 0.5) is 0 Å². The van der Waals surface area contributed by atoms with E-state index in [0.717, 1.165) is 5.69 Å². The Hall–Kier alpha value is -1.71. The van der Waals surface area contributed by atoms with Gasteiger partial charge in [0.1, 0.15) is 0 Å². The second-order valence-electron chi connectivity index (χ2n) is 4.72. The summed E-state index contributed by atoms with van der Waals surface area (Å²) >= 11 is 0. The maximum Gasteiger partial charge on any atom is 0.219 e. The first-order chi connectivity index (χ1) is 9.50. The van der Waals surface area contributed by atoms with E-state index in [0.29, 0.717) is 23.6 Å². The highest BCUT2D eigenvalue weighted by atomic mass is 16.4. The van der Waals surface area contributed by atoms with Crippen molar-refractivity contribution in [2.24, 2.45) is 0 Å². The summed E-state index contributed by atoms with van der Waals surface area (Å²) in [5, 5.41) is 7.52. The molecule has 2 heterocycles. The number of aryl methyl sites for hydroxylation is 1. The molecular weight excluding hydrogens is 250 g/mol. The average Bonchev–Trinajstić information content (AvgIpc) is 2.90. The lowest BCUT2D eigenvalue weighted by Gasteiger charge is -2.00. The molecule has 20 heavy (non-hydrogen) atoms. The molecule has 0 aliphatic heterocycles. The lowest BCUT2D eigenvalue weighted by molar-refractivity contribution is 0.448. The minimum Gasteiger partial charge on any atom is -0.425 e. The maximum absolute atomic E-state index is 5.12. The molecule has 0 aliphatic carbocycles. The summed E-state index contributed by atoms with van der Waals surface area (Å²) in [5.41, 5.74) is 1.16. The Kier molecular flexibility index (Phi) is 9.26. The van der Waals surface area contributed by atoms with E-state index in [2.05, 4.69) is 29.0 Å². The monoisotopic (exact) mass is 277 g/mol. The van der Waals surface area contributed by atoms with E-state index in [4.69, 9.17) is 4.42 Å². The third-order valence-corrected chi connectivity index (χ3v) is 2.31. The first-order valence-corrected chi connectivity index (χ1v) is 7.21. The first-order valence-electron chi connectivity index (χ1n) is 7.21. The highest BCUT2D eigenvalue weighted by Crippen LogP contribution is 2.10. The molecule has 0 atom stereocenters. The standard InChI is InChI=1S/C8H11N.C6H10N2O.C2H6/c1-7(2)8-5-3-4-6-9-8;1-4(2)6-8-7-5(3)9-6;1-2/h3-7H,1-2H3;4H,1-3H3;1-2H3. The maximum atomic E-state index is 5.12. The second-order valence-corrected chi connectivity index (χ2v) is 4.72. The van der Waals surface area contributed by atoms with Crippen molar-refractivity contribution in [3.63, 3.8) is 0 Å². The lowest BCUT2D eigenvalue weighted by atomic mass is 10.1. The molecule has 0 N–H and O–H groups in total. The van der Waals surface area contributed by atoms with Gasteiger partial charge >= 0.3 is 0 Å². The predicted molar refractivity (Wildman–Crippen MR) is 82.8 cm³/mol. The van der Waals surface area contributed by atoms with E-state index in [1.54, 1.807) is 6.92 Å². The van der Waals surface area contributed by atoms with E-state index in [1.165, 1.54) is 0 Å². The zero-order valence-electron chi connectivity index (χ0n) is 13.7. The summed E-state index contributed by atoms with van der Waals surface area (Å²) in [6.45, 7) is 14.1. The van der Waals surface area contributed by atoms with Gasteiger partial charge in [-0.2, -0.15) is 0 Å². The van der Waals surface area contributed by atoms with Crippen molar-refractivity contribution in [2.45, 2.75) is 60.3 Å². The van der Waals surface area contributed by atoms with Crippen molar-refractivity contribution in [1.29, 1.82) is 0 Å². The molecule has 4 nitrogen and oxygen atoms in total. The van der Waals surface area contributed by atoms with Crippen LogP contribution in [0.15, 0.2) is 28.8 Å². The van der Waals surface area contributed by atoms with Crippen molar-refractivity contribution in [3.8, 4) is 0 Å². The van der Waals surface area contributed by atoms with Crippen LogP contribution in [0, 0.1) is 6.92 Å². The molecule has 2 aromatic rings. The molecule has 0 amide bonds. The summed E-state index contributed by atoms with van der Waals surface area (Å²) in [5.74, 6) is 2.24. The molecule has 2 aromatic heterocycles. The van der Waals surface area contributed by atoms with Crippen molar-refractivity contribution in [3.05, 3.63) is 41.9 Å². The third kappa shape index (κ3) is 7.02. The van der Waals surface area contributed by atoms with E-state index < -0.39 is 0 Å². The SMILES string of the molecule is CC.CC(C)c1ccccn1.Cc1nnc(C(C)C)o1. The summed E-state index contributed by atoms with van der Waals surface area (Å²) in [7, 11) is 0. The number of pyridine rings is 1. The van der Waals surface area contributed by atoms with Gasteiger partial charge in [-0.1, -0.05) is 47.6 Å². The van der Waals surface area contributed by atoms with Gasteiger partial charge in [0.15, 0.2) is 0 Å². The fraction of sp³-hybridized carbons (Fsp3) is 0.562. The molecule has 0 spiro atoms. The second kappa shape index (κ2) is 10.1. The van der Waals surface area contributed by atoms with Gasteiger partial charge in [-0.05, 0) is 18.1 Å². The summed E-state index contributed by atoms with van der Waals surface area (Å²) in [6.07, 6.45) is 1.83. The summed E-state index contributed by atoms with van der Waals surface area (Å²) in [6, 6.07) is 6.00. The molecule has 0 bridgehead atoms. The van der Waals surface area contributed by atoms with E-state index in [9.17, 15) is 0 Å². The molecular formula is C16H27N3O. The van der Waals surface area contributed by atoms with Gasteiger partial charge in [-0.25, -0.2) is 0 Å². The van der Waals surface area contributed by atoms with E-state index >= 15 is 0 Å². The number of rotatable bonds is 2. The van der Waals surface area contributed by atoms with Gasteiger partial charge in [0.25, 0.3) is 0 Å². The normalized spacial score (nSPS) is 9.65. The minimum atomic E-state index is 0.339. The minimum absolute atomic E-state index is 0.339. The molecule has 0 radical (unpaired) electrons. The van der Waals surface area contributed by atoms with Crippen molar-refractivity contribution in [1.82, 2.24) is 15.2 Å². The number of hydrogen-bond donors (Lipinski definition) is 0. The molecule has 0 saturated heterocycles. The van der Waals surface area contributed by atoms with Gasteiger partial charge in [0.2, 0.25) is 11.8 Å². The molecule has 2 rings (SSSR count). The quantitative estimate of drug-likeness (QED) is 0.796. The van der Waals surface area contributed by atoms with E-state index in [-0.39, 0.29) is 0 Å². The van der Waals surface area contributed by atoms with Crippen LogP contribution in [0.2, 0.25) is 0 Å². The van der Waals surface area contributed by atoms with Crippen LogP contribution in [-0.4, -0.2) is 15.2 Å². The van der Waals surface area contributed by atoms with Crippen LogP contribution in [0.1, 0.15) is 70.9 Å². The Bertz CT molecular complexity index is 450. The lowest BCUT2D eigenvalue weighted by Crippen LogP contribution is -1.88. The van der Waals surface area contributed by atoms with Crippen LogP contribution >= 0.6 is 0 Å². The van der Waals surface area contributed by atoms with E-state index in [1.807, 2.05) is 52.1 Å². The molecule has 0 aliphatic rings. The average molecular weight is 277 g/mol. The molecule has 4 heteroatoms. The number of nitrogens with zero attached hydrogens (tertiary/aromatic N) is 3. The van der Waals surface area contributed by atoms with Crippen molar-refractivity contribution < 1.29 is 4.42 Å². The summed E-state index contributed by atoms with van der Waals surface area (Å²) in [4.78, 5) is 4.18. The Balaban J connectivity index is 0.000000321. The number of aromatic nitrogens is 3. The smallest absolute Gasteiger partial charge is 0.219 e.